The molecule has 19 heavy (non-hydrogen) atoms. The van der Waals surface area contributed by atoms with Crippen LogP contribution >= 0.6 is 11.6 Å². The van der Waals surface area contributed by atoms with Gasteiger partial charge in [-0.15, -0.1) is 11.6 Å². The van der Waals surface area contributed by atoms with Gasteiger partial charge in [0, 0.05) is 25.2 Å². The van der Waals surface area contributed by atoms with Gasteiger partial charge in [-0.2, -0.15) is 13.2 Å². The SMILES string of the molecule is Cc1cc(CCl)cnc1N1CCC(C(F)(F)F)CC1. The van der Waals surface area contributed by atoms with Crippen LogP contribution in [0.3, 0.4) is 0 Å². The Morgan fingerprint density at radius 3 is 2.47 bits per heavy atom. The Bertz CT molecular complexity index is 440. The van der Waals surface area contributed by atoms with Crippen molar-refractivity contribution in [2.45, 2.75) is 31.8 Å². The lowest BCUT2D eigenvalue weighted by molar-refractivity contribution is -0.179. The largest absolute Gasteiger partial charge is 0.391 e. The number of hydrogen-bond donors (Lipinski definition) is 0. The van der Waals surface area contributed by atoms with Crippen molar-refractivity contribution in [1.82, 2.24) is 4.98 Å². The Morgan fingerprint density at radius 1 is 1.37 bits per heavy atom. The van der Waals surface area contributed by atoms with Crippen LogP contribution in [0.5, 0.6) is 0 Å². The Labute approximate surface area is 115 Å². The van der Waals surface area contributed by atoms with E-state index in [0.29, 0.717) is 19.0 Å². The van der Waals surface area contributed by atoms with E-state index in [1.807, 2.05) is 17.9 Å². The number of pyridine rings is 1. The standard InChI is InChI=1S/C13H16ClF3N2/c1-9-6-10(7-14)8-18-12(9)19-4-2-11(3-5-19)13(15,16)17/h6,8,11H,2-5,7H2,1H3. The summed E-state index contributed by atoms with van der Waals surface area (Å²) in [5.74, 6) is -0.00904. The molecule has 1 aromatic heterocycles. The van der Waals surface area contributed by atoms with E-state index in [0.717, 1.165) is 16.9 Å². The van der Waals surface area contributed by atoms with Crippen molar-refractivity contribution in [3.63, 3.8) is 0 Å². The van der Waals surface area contributed by atoms with Crippen LogP contribution in [-0.2, 0) is 5.88 Å². The number of aromatic nitrogens is 1. The molecule has 2 rings (SSSR count). The number of anilines is 1. The summed E-state index contributed by atoms with van der Waals surface area (Å²) in [5, 5.41) is 0. The fraction of sp³-hybridized carbons (Fsp3) is 0.615. The highest BCUT2D eigenvalue weighted by Gasteiger charge is 2.41. The molecule has 0 atom stereocenters. The van der Waals surface area contributed by atoms with E-state index in [1.165, 1.54) is 0 Å². The summed E-state index contributed by atoms with van der Waals surface area (Å²) in [7, 11) is 0. The molecule has 0 unspecified atom stereocenters. The molecule has 0 saturated carbocycles. The molecule has 0 radical (unpaired) electrons. The zero-order valence-corrected chi connectivity index (χ0v) is 11.4. The average Bonchev–Trinajstić information content (AvgIpc) is 2.37. The summed E-state index contributed by atoms with van der Waals surface area (Å²) in [6.07, 6.45) is -2.11. The first-order valence-electron chi connectivity index (χ1n) is 6.25. The van der Waals surface area contributed by atoms with Gasteiger partial charge in [0.1, 0.15) is 5.82 Å². The lowest BCUT2D eigenvalue weighted by Crippen LogP contribution is -2.39. The Morgan fingerprint density at radius 2 is 2.00 bits per heavy atom. The van der Waals surface area contributed by atoms with Crippen LogP contribution in [0.1, 0.15) is 24.0 Å². The third-order valence-corrected chi connectivity index (χ3v) is 3.83. The quantitative estimate of drug-likeness (QED) is 0.768. The second-order valence-electron chi connectivity index (χ2n) is 4.92. The van der Waals surface area contributed by atoms with E-state index in [1.54, 1.807) is 6.20 Å². The lowest BCUT2D eigenvalue weighted by atomic mass is 9.96. The van der Waals surface area contributed by atoms with Gasteiger partial charge in [-0.05, 0) is 37.0 Å². The van der Waals surface area contributed by atoms with E-state index in [9.17, 15) is 13.2 Å². The van der Waals surface area contributed by atoms with E-state index in [-0.39, 0.29) is 12.8 Å². The molecule has 0 aliphatic carbocycles. The molecule has 0 bridgehead atoms. The summed E-state index contributed by atoms with van der Waals surface area (Å²) in [6, 6.07) is 1.94. The number of piperidine rings is 1. The molecule has 0 spiro atoms. The lowest BCUT2D eigenvalue weighted by Gasteiger charge is -2.34. The smallest absolute Gasteiger partial charge is 0.356 e. The normalized spacial score (nSPS) is 17.8. The van der Waals surface area contributed by atoms with Crippen LogP contribution in [0.15, 0.2) is 12.3 Å². The van der Waals surface area contributed by atoms with E-state index in [2.05, 4.69) is 4.98 Å². The van der Waals surface area contributed by atoms with Crippen LogP contribution in [0, 0.1) is 12.8 Å². The maximum atomic E-state index is 12.6. The van der Waals surface area contributed by atoms with Crippen LogP contribution in [0.25, 0.3) is 0 Å². The molecule has 6 heteroatoms. The van der Waals surface area contributed by atoms with Gasteiger partial charge in [-0.1, -0.05) is 0 Å². The monoisotopic (exact) mass is 292 g/mol. The highest BCUT2D eigenvalue weighted by atomic mass is 35.5. The van der Waals surface area contributed by atoms with Gasteiger partial charge in [0.15, 0.2) is 0 Å². The third kappa shape index (κ3) is 3.32. The van der Waals surface area contributed by atoms with Crippen molar-refractivity contribution in [2.75, 3.05) is 18.0 Å². The zero-order chi connectivity index (χ0) is 14.0. The summed E-state index contributed by atoms with van der Waals surface area (Å²) in [6.45, 7) is 2.71. The van der Waals surface area contributed by atoms with Crippen molar-refractivity contribution >= 4 is 17.4 Å². The molecule has 1 aromatic rings. The molecule has 2 nitrogen and oxygen atoms in total. The first kappa shape index (κ1) is 14.4. The average molecular weight is 293 g/mol. The molecule has 1 fully saturated rings. The van der Waals surface area contributed by atoms with Gasteiger partial charge < -0.3 is 4.90 Å². The number of hydrogen-bond acceptors (Lipinski definition) is 2. The van der Waals surface area contributed by atoms with Crippen LogP contribution < -0.4 is 4.90 Å². The second kappa shape index (κ2) is 5.57. The molecule has 1 aliphatic rings. The number of halogens is 4. The van der Waals surface area contributed by atoms with Gasteiger partial charge in [-0.3, -0.25) is 0 Å². The molecule has 0 aromatic carbocycles. The predicted octanol–water partition coefficient (Wildman–Crippen LogP) is 3.91. The van der Waals surface area contributed by atoms with E-state index < -0.39 is 12.1 Å². The minimum absolute atomic E-state index is 0.141. The maximum absolute atomic E-state index is 12.6. The van der Waals surface area contributed by atoms with Gasteiger partial charge in [0.2, 0.25) is 0 Å². The van der Waals surface area contributed by atoms with Gasteiger partial charge in [0.05, 0.1) is 5.92 Å². The van der Waals surface area contributed by atoms with Crippen LogP contribution in [-0.4, -0.2) is 24.2 Å². The summed E-state index contributed by atoms with van der Waals surface area (Å²) < 4.78 is 37.8. The first-order chi connectivity index (χ1) is 8.91. The maximum Gasteiger partial charge on any atom is 0.391 e. The van der Waals surface area contributed by atoms with Crippen molar-refractivity contribution in [2.24, 2.45) is 5.92 Å². The number of nitrogens with zero attached hydrogens (tertiary/aromatic N) is 2. The Hall–Kier alpha value is -0.970. The summed E-state index contributed by atoms with van der Waals surface area (Å²) in [5.41, 5.74) is 1.89. The Balaban J connectivity index is 2.06. The molecule has 0 N–H and O–H groups in total. The zero-order valence-electron chi connectivity index (χ0n) is 10.7. The number of rotatable bonds is 2. The molecule has 2 heterocycles. The van der Waals surface area contributed by atoms with Crippen molar-refractivity contribution < 1.29 is 13.2 Å². The van der Waals surface area contributed by atoms with Crippen molar-refractivity contribution in [3.05, 3.63) is 23.4 Å². The fourth-order valence-corrected chi connectivity index (χ4v) is 2.59. The number of alkyl halides is 4. The topological polar surface area (TPSA) is 16.1 Å². The van der Waals surface area contributed by atoms with Crippen molar-refractivity contribution in [1.29, 1.82) is 0 Å². The third-order valence-electron chi connectivity index (χ3n) is 3.52. The highest BCUT2D eigenvalue weighted by Crippen LogP contribution is 2.35. The molecular formula is C13H16ClF3N2. The molecule has 1 saturated heterocycles. The Kier molecular flexibility index (Phi) is 4.23. The van der Waals surface area contributed by atoms with Crippen molar-refractivity contribution in [3.8, 4) is 0 Å². The first-order valence-corrected chi connectivity index (χ1v) is 6.78. The minimum Gasteiger partial charge on any atom is -0.356 e. The van der Waals surface area contributed by atoms with Crippen LogP contribution in [0.2, 0.25) is 0 Å². The van der Waals surface area contributed by atoms with E-state index in [4.69, 9.17) is 11.6 Å². The van der Waals surface area contributed by atoms with Crippen LogP contribution in [0.4, 0.5) is 19.0 Å². The molecule has 106 valence electrons. The highest BCUT2D eigenvalue weighted by molar-refractivity contribution is 6.17. The van der Waals surface area contributed by atoms with Gasteiger partial charge in [0.25, 0.3) is 0 Å². The van der Waals surface area contributed by atoms with Gasteiger partial charge in [-0.25, -0.2) is 4.98 Å². The van der Waals surface area contributed by atoms with Gasteiger partial charge >= 0.3 is 6.18 Å². The molecular weight excluding hydrogens is 277 g/mol. The predicted molar refractivity (Wildman–Crippen MR) is 69.5 cm³/mol. The second-order valence-corrected chi connectivity index (χ2v) is 5.19. The summed E-state index contributed by atoms with van der Waals surface area (Å²) >= 11 is 5.73. The fourth-order valence-electron chi connectivity index (χ4n) is 2.45. The van der Waals surface area contributed by atoms with E-state index >= 15 is 0 Å². The number of aryl methyl sites for hydroxylation is 1. The molecule has 0 amide bonds. The minimum atomic E-state index is -4.07. The molecule has 1 aliphatic heterocycles. The summed E-state index contributed by atoms with van der Waals surface area (Å²) in [4.78, 5) is 6.25.